The molecule has 0 fully saturated rings. The smallest absolute Gasteiger partial charge is 0.144 e. The minimum Gasteiger partial charge on any atom is -0.144 e. The molecule has 4 heteroatoms. The summed E-state index contributed by atoms with van der Waals surface area (Å²) in [6.07, 6.45) is 0. The van der Waals surface area contributed by atoms with E-state index in [0.29, 0.717) is 0 Å². The van der Waals surface area contributed by atoms with Crippen molar-refractivity contribution in [1.29, 1.82) is 0 Å². The molecule has 4 aromatic carbocycles. The third-order valence-electron chi connectivity index (χ3n) is 5.50. The van der Waals surface area contributed by atoms with Crippen LogP contribution in [0.25, 0.3) is 0 Å². The maximum absolute atomic E-state index is 7.42. The number of hydrogen-bond donors (Lipinski definition) is 0. The molecule has 0 aromatic heterocycles. The summed E-state index contributed by atoms with van der Waals surface area (Å²) in [5, 5.41) is 2.25. The van der Waals surface area contributed by atoms with E-state index in [-0.39, 0.29) is 0 Å². The van der Waals surface area contributed by atoms with Crippen LogP contribution in [0.15, 0.2) is 121 Å². The lowest BCUT2D eigenvalue weighted by Crippen LogP contribution is -2.48. The van der Waals surface area contributed by atoms with Crippen LogP contribution in [0.1, 0.15) is 11.1 Å². The van der Waals surface area contributed by atoms with Gasteiger partial charge in [-0.05, 0) is 33.6 Å². The normalized spacial score (nSPS) is 14.4. The molecule has 0 saturated heterocycles. The van der Waals surface area contributed by atoms with Gasteiger partial charge in [0, 0.05) is 0 Å². The van der Waals surface area contributed by atoms with Gasteiger partial charge in [0.2, 0.25) is 0 Å². The molecule has 0 nitrogen and oxygen atoms in total. The van der Waals surface area contributed by atoms with E-state index < -0.39 is 14.8 Å². The average Bonchev–Trinajstić information content (AvgIpc) is 2.85. The number of benzene rings is 4. The van der Waals surface area contributed by atoms with Crippen LogP contribution in [-0.2, 0) is 12.1 Å². The molecule has 0 amide bonds. The number of rotatable bonds is 6. The molecule has 0 N–H and O–H groups in total. The Morgan fingerprint density at radius 2 is 0.719 bits per heavy atom. The Kier molecular flexibility index (Phi) is 7.34. The Bertz CT molecular complexity index is 1090. The molecule has 0 aliphatic heterocycles. The van der Waals surface area contributed by atoms with Crippen LogP contribution in [0.4, 0.5) is 0 Å². The minimum absolute atomic E-state index is 0.744. The van der Waals surface area contributed by atoms with Crippen molar-refractivity contribution >= 4 is 47.3 Å². The molecule has 0 aliphatic rings. The highest BCUT2D eigenvalue weighted by Crippen LogP contribution is 2.20. The lowest BCUT2D eigenvalue weighted by molar-refractivity contribution is 1.36. The lowest BCUT2D eigenvalue weighted by atomic mass is 10.2. The van der Waals surface area contributed by atoms with Crippen molar-refractivity contribution in [1.82, 2.24) is 0 Å². The highest BCUT2D eigenvalue weighted by molar-refractivity contribution is 7.34. The van der Waals surface area contributed by atoms with Gasteiger partial charge in [0.15, 0.2) is 0 Å². The first kappa shape index (κ1) is 22.6. The largest absolute Gasteiger partial charge is 0.266 e. The Balaban J connectivity index is 1.78. The van der Waals surface area contributed by atoms with Gasteiger partial charge < -0.3 is 0 Å². The first-order chi connectivity index (χ1) is 15.6. The van der Waals surface area contributed by atoms with Gasteiger partial charge in [0.25, 0.3) is 14.8 Å². The molecule has 0 radical (unpaired) electrons. The number of halogens is 2. The Labute approximate surface area is 202 Å². The second-order valence-electron chi connectivity index (χ2n) is 7.91. The summed E-state index contributed by atoms with van der Waals surface area (Å²) in [6, 6.07) is 42.9. The van der Waals surface area contributed by atoms with Crippen LogP contribution < -0.4 is 10.4 Å². The SMILES string of the molecule is Cl[Si](C#C[Si](Cl)(Cc1ccccc1)c1ccccc1)(Cc1ccccc1)c1ccccc1. The van der Waals surface area contributed by atoms with Crippen molar-refractivity contribution in [3.05, 3.63) is 132 Å². The van der Waals surface area contributed by atoms with Crippen LogP contribution in [0, 0.1) is 11.1 Å². The predicted molar refractivity (Wildman–Crippen MR) is 143 cm³/mol. The summed E-state index contributed by atoms with van der Waals surface area (Å²) in [5.41, 5.74) is 9.62. The second-order valence-corrected chi connectivity index (χ2v) is 17.3. The van der Waals surface area contributed by atoms with Crippen LogP contribution in [-0.4, -0.2) is 14.8 Å². The van der Waals surface area contributed by atoms with Gasteiger partial charge in [0.05, 0.1) is 0 Å². The molecule has 4 rings (SSSR count). The second kappa shape index (κ2) is 10.4. The fraction of sp³-hybridized carbons (Fsp3) is 0.0714. The first-order valence-corrected chi connectivity index (χ1v) is 17.1. The number of hydrogen-bond acceptors (Lipinski definition) is 0. The monoisotopic (exact) mass is 486 g/mol. The molecule has 158 valence electrons. The standard InChI is InChI=1S/C28H24Cl2Si2/c29-31(27-17-9-3-10-18-27,23-25-13-5-1-6-14-25)21-22-32(30,28-19-11-4-12-20-28)24-26-15-7-2-8-16-26/h1-20H,23-24H2. The van der Waals surface area contributed by atoms with E-state index >= 15 is 0 Å². The molecule has 0 saturated carbocycles. The Morgan fingerprint density at radius 3 is 1.03 bits per heavy atom. The van der Waals surface area contributed by atoms with Crippen molar-refractivity contribution in [3.63, 3.8) is 0 Å². The average molecular weight is 488 g/mol. The fourth-order valence-corrected chi connectivity index (χ4v) is 11.8. The Morgan fingerprint density at radius 1 is 0.438 bits per heavy atom. The predicted octanol–water partition coefficient (Wildman–Crippen LogP) is 5.82. The molecule has 2 atom stereocenters. The van der Waals surface area contributed by atoms with Gasteiger partial charge in [-0.15, -0.1) is 33.2 Å². The van der Waals surface area contributed by atoms with E-state index in [9.17, 15) is 0 Å². The van der Waals surface area contributed by atoms with E-state index in [0.717, 1.165) is 22.5 Å². The van der Waals surface area contributed by atoms with Gasteiger partial charge in [-0.25, -0.2) is 0 Å². The van der Waals surface area contributed by atoms with Crippen molar-refractivity contribution in [3.8, 4) is 11.1 Å². The van der Waals surface area contributed by atoms with Gasteiger partial charge >= 0.3 is 0 Å². The van der Waals surface area contributed by atoms with Crippen LogP contribution >= 0.6 is 22.2 Å². The maximum Gasteiger partial charge on any atom is 0.266 e. The highest BCUT2D eigenvalue weighted by atomic mass is 35.6. The van der Waals surface area contributed by atoms with Crippen molar-refractivity contribution in [2.24, 2.45) is 0 Å². The van der Waals surface area contributed by atoms with E-state index in [1.54, 1.807) is 0 Å². The van der Waals surface area contributed by atoms with Gasteiger partial charge in [-0.3, -0.25) is 0 Å². The van der Waals surface area contributed by atoms with Crippen LogP contribution in [0.5, 0.6) is 0 Å². The van der Waals surface area contributed by atoms with E-state index in [4.69, 9.17) is 22.2 Å². The topological polar surface area (TPSA) is 0 Å². The van der Waals surface area contributed by atoms with Gasteiger partial charge in [-0.1, -0.05) is 121 Å². The molecule has 0 heterocycles. The van der Waals surface area contributed by atoms with Gasteiger partial charge in [0.1, 0.15) is 0 Å². The molecular weight excluding hydrogens is 463 g/mol. The fourth-order valence-electron chi connectivity index (χ4n) is 3.79. The summed E-state index contributed by atoms with van der Waals surface area (Å²) in [7, 11) is -5.33. The zero-order valence-corrected chi connectivity index (χ0v) is 21.2. The van der Waals surface area contributed by atoms with E-state index in [1.807, 2.05) is 48.5 Å². The van der Waals surface area contributed by atoms with E-state index in [2.05, 4.69) is 83.9 Å². The maximum atomic E-state index is 7.42. The highest BCUT2D eigenvalue weighted by Gasteiger charge is 2.36. The van der Waals surface area contributed by atoms with Gasteiger partial charge in [-0.2, -0.15) is 0 Å². The first-order valence-electron chi connectivity index (χ1n) is 10.7. The summed E-state index contributed by atoms with van der Waals surface area (Å²) in [6.45, 7) is 0. The summed E-state index contributed by atoms with van der Waals surface area (Å²) in [5.74, 6) is 0. The zero-order valence-electron chi connectivity index (χ0n) is 17.7. The summed E-state index contributed by atoms with van der Waals surface area (Å²) >= 11 is 14.8. The lowest BCUT2D eigenvalue weighted by Gasteiger charge is -2.22. The quantitative estimate of drug-likeness (QED) is 0.183. The third-order valence-corrected chi connectivity index (χ3v) is 13.8. The molecule has 0 bridgehead atoms. The zero-order chi connectivity index (χ0) is 22.3. The molecule has 32 heavy (non-hydrogen) atoms. The molecule has 4 aromatic rings. The summed E-state index contributed by atoms with van der Waals surface area (Å²) < 4.78 is 0. The van der Waals surface area contributed by atoms with E-state index in [1.165, 1.54) is 11.1 Å². The molecule has 2 unspecified atom stereocenters. The van der Waals surface area contributed by atoms with Crippen molar-refractivity contribution in [2.45, 2.75) is 12.1 Å². The van der Waals surface area contributed by atoms with Crippen LogP contribution in [0.3, 0.4) is 0 Å². The van der Waals surface area contributed by atoms with Crippen molar-refractivity contribution < 1.29 is 0 Å². The third kappa shape index (κ3) is 5.62. The molecule has 0 spiro atoms. The molecule has 0 aliphatic carbocycles. The Hall–Kier alpha value is -2.55. The molecular formula is C28H24Cl2Si2. The minimum atomic E-state index is -2.66. The van der Waals surface area contributed by atoms with Crippen LogP contribution in [0.2, 0.25) is 0 Å². The van der Waals surface area contributed by atoms with Crippen molar-refractivity contribution in [2.75, 3.05) is 0 Å². The summed E-state index contributed by atoms with van der Waals surface area (Å²) in [4.78, 5) is 0.